The number of aryl methyl sites for hydroxylation is 1. The van der Waals surface area contributed by atoms with E-state index in [1.54, 1.807) is 17.4 Å². The third-order valence-corrected chi connectivity index (χ3v) is 3.45. The van der Waals surface area contributed by atoms with Crippen molar-refractivity contribution in [2.75, 3.05) is 0 Å². The van der Waals surface area contributed by atoms with E-state index in [1.807, 2.05) is 24.4 Å². The van der Waals surface area contributed by atoms with Crippen molar-refractivity contribution >= 4 is 11.3 Å². The molecule has 2 aromatic heterocycles. The van der Waals surface area contributed by atoms with E-state index in [-0.39, 0.29) is 11.6 Å². The Morgan fingerprint density at radius 3 is 2.94 bits per heavy atom. The maximum Gasteiger partial charge on any atom is 0.266 e. The minimum atomic E-state index is -0.251. The summed E-state index contributed by atoms with van der Waals surface area (Å²) in [6.45, 7) is 2.64. The number of hydrogen-bond acceptors (Lipinski definition) is 4. The molecule has 5 heteroatoms. The molecule has 2 heterocycles. The molecule has 0 radical (unpaired) electrons. The summed E-state index contributed by atoms with van der Waals surface area (Å²) in [5, 5.41) is 6.29. The number of nitrogens with zero attached hydrogens (tertiary/aromatic N) is 2. The van der Waals surface area contributed by atoms with Gasteiger partial charge in [-0.3, -0.25) is 4.79 Å². The van der Waals surface area contributed by atoms with Gasteiger partial charge in [0.15, 0.2) is 0 Å². The van der Waals surface area contributed by atoms with E-state index in [0.29, 0.717) is 6.54 Å². The average molecular weight is 249 g/mol. The van der Waals surface area contributed by atoms with E-state index >= 15 is 0 Å². The Bertz CT molecular complexity index is 533. The predicted molar refractivity (Wildman–Crippen MR) is 69.1 cm³/mol. The van der Waals surface area contributed by atoms with Crippen molar-refractivity contribution in [2.45, 2.75) is 25.9 Å². The van der Waals surface area contributed by atoms with Crippen LogP contribution in [-0.2, 0) is 6.54 Å². The molecule has 1 unspecified atom stereocenters. The zero-order valence-corrected chi connectivity index (χ0v) is 10.5. The van der Waals surface area contributed by atoms with Gasteiger partial charge in [-0.2, -0.15) is 5.10 Å². The molecular weight excluding hydrogens is 234 g/mol. The van der Waals surface area contributed by atoms with Crippen LogP contribution in [-0.4, -0.2) is 9.78 Å². The summed E-state index contributed by atoms with van der Waals surface area (Å²) >= 11 is 1.60. The summed E-state index contributed by atoms with van der Waals surface area (Å²) < 4.78 is 1.48. The summed E-state index contributed by atoms with van der Waals surface area (Å²) in [5.41, 5.74) is 6.77. The van der Waals surface area contributed by atoms with Gasteiger partial charge in [-0.1, -0.05) is 13.0 Å². The van der Waals surface area contributed by atoms with Gasteiger partial charge >= 0.3 is 0 Å². The van der Waals surface area contributed by atoms with Gasteiger partial charge in [-0.25, -0.2) is 4.68 Å². The highest BCUT2D eigenvalue weighted by Crippen LogP contribution is 2.21. The maximum absolute atomic E-state index is 11.5. The Kier molecular flexibility index (Phi) is 3.71. The monoisotopic (exact) mass is 249 g/mol. The second-order valence-corrected chi connectivity index (χ2v) is 4.79. The molecule has 0 bridgehead atoms. The topological polar surface area (TPSA) is 60.9 Å². The highest BCUT2D eigenvalue weighted by molar-refractivity contribution is 7.10. The molecule has 0 aliphatic heterocycles. The zero-order valence-electron chi connectivity index (χ0n) is 9.67. The number of rotatable bonds is 4. The Hall–Kier alpha value is -1.46. The first kappa shape index (κ1) is 12.0. The van der Waals surface area contributed by atoms with Crippen molar-refractivity contribution in [1.29, 1.82) is 0 Å². The number of hydrogen-bond donors (Lipinski definition) is 1. The minimum absolute atomic E-state index is 0.0750. The van der Waals surface area contributed by atoms with E-state index in [9.17, 15) is 4.79 Å². The van der Waals surface area contributed by atoms with Gasteiger partial charge in [-0.05, 0) is 23.9 Å². The lowest BCUT2D eigenvalue weighted by atomic mass is 10.2. The fraction of sp³-hybridized carbons (Fsp3) is 0.333. The first-order valence-corrected chi connectivity index (χ1v) is 6.47. The second-order valence-electron chi connectivity index (χ2n) is 3.81. The maximum atomic E-state index is 11.5. The van der Waals surface area contributed by atoms with E-state index in [1.165, 1.54) is 10.7 Å². The summed E-state index contributed by atoms with van der Waals surface area (Å²) in [4.78, 5) is 12.6. The molecule has 0 saturated heterocycles. The largest absolute Gasteiger partial charge is 0.318 e. The highest BCUT2D eigenvalue weighted by atomic mass is 32.1. The van der Waals surface area contributed by atoms with Crippen LogP contribution in [0.5, 0.6) is 0 Å². The van der Waals surface area contributed by atoms with Gasteiger partial charge in [0, 0.05) is 17.5 Å². The molecule has 90 valence electrons. The SMILES string of the molecule is CCCn1nc(C(N)c2cccs2)ccc1=O. The van der Waals surface area contributed by atoms with Gasteiger partial charge in [0.2, 0.25) is 0 Å². The molecule has 0 spiro atoms. The summed E-state index contributed by atoms with van der Waals surface area (Å²) in [7, 11) is 0. The zero-order chi connectivity index (χ0) is 12.3. The van der Waals surface area contributed by atoms with Crippen molar-refractivity contribution in [1.82, 2.24) is 9.78 Å². The number of nitrogens with two attached hydrogens (primary N) is 1. The smallest absolute Gasteiger partial charge is 0.266 e. The standard InChI is InChI=1S/C12H15N3OS/c1-2-7-15-11(16)6-5-9(14-15)12(13)10-4-3-8-17-10/h3-6,8,12H,2,7,13H2,1H3. The molecule has 0 fully saturated rings. The molecule has 0 aliphatic rings. The molecule has 2 N–H and O–H groups in total. The van der Waals surface area contributed by atoms with E-state index in [0.717, 1.165) is 17.0 Å². The molecule has 17 heavy (non-hydrogen) atoms. The minimum Gasteiger partial charge on any atom is -0.318 e. The third kappa shape index (κ3) is 2.62. The van der Waals surface area contributed by atoms with Crippen LogP contribution in [0.15, 0.2) is 34.4 Å². The normalized spacial score (nSPS) is 12.6. The highest BCUT2D eigenvalue weighted by Gasteiger charge is 2.12. The van der Waals surface area contributed by atoms with Crippen LogP contribution in [0.1, 0.15) is 30.0 Å². The van der Waals surface area contributed by atoms with Crippen LogP contribution in [0.3, 0.4) is 0 Å². The molecule has 2 rings (SSSR count). The molecule has 0 aliphatic carbocycles. The van der Waals surface area contributed by atoms with Crippen molar-refractivity contribution in [3.63, 3.8) is 0 Å². The van der Waals surface area contributed by atoms with Crippen LogP contribution < -0.4 is 11.3 Å². The van der Waals surface area contributed by atoms with Gasteiger partial charge < -0.3 is 5.73 Å². The van der Waals surface area contributed by atoms with Gasteiger partial charge in [-0.15, -0.1) is 11.3 Å². The molecule has 1 atom stereocenters. The van der Waals surface area contributed by atoms with Gasteiger partial charge in [0.05, 0.1) is 11.7 Å². The fourth-order valence-corrected chi connectivity index (χ4v) is 2.36. The first-order valence-electron chi connectivity index (χ1n) is 5.59. The quantitative estimate of drug-likeness (QED) is 0.898. The number of thiophene rings is 1. The van der Waals surface area contributed by atoms with Gasteiger partial charge in [0.1, 0.15) is 0 Å². The van der Waals surface area contributed by atoms with Gasteiger partial charge in [0.25, 0.3) is 5.56 Å². The molecule has 0 aromatic carbocycles. The Morgan fingerprint density at radius 1 is 1.47 bits per heavy atom. The average Bonchev–Trinajstić information content (AvgIpc) is 2.85. The summed E-state index contributed by atoms with van der Waals surface area (Å²) in [5.74, 6) is 0. The fourth-order valence-electron chi connectivity index (χ4n) is 1.62. The van der Waals surface area contributed by atoms with Crippen molar-refractivity contribution in [2.24, 2.45) is 5.73 Å². The van der Waals surface area contributed by atoms with Crippen LogP contribution in [0.2, 0.25) is 0 Å². The second kappa shape index (κ2) is 5.25. The Morgan fingerprint density at radius 2 is 2.29 bits per heavy atom. The first-order chi connectivity index (χ1) is 8.22. The van der Waals surface area contributed by atoms with E-state index in [4.69, 9.17) is 5.73 Å². The summed E-state index contributed by atoms with van der Waals surface area (Å²) in [6.07, 6.45) is 0.880. The molecule has 4 nitrogen and oxygen atoms in total. The lowest BCUT2D eigenvalue weighted by molar-refractivity contribution is 0.549. The van der Waals surface area contributed by atoms with Crippen LogP contribution in [0.4, 0.5) is 0 Å². The summed E-state index contributed by atoms with van der Waals surface area (Å²) in [6, 6.07) is 6.93. The van der Waals surface area contributed by atoms with Crippen LogP contribution in [0, 0.1) is 0 Å². The van der Waals surface area contributed by atoms with Crippen molar-refractivity contribution in [3.8, 4) is 0 Å². The number of aromatic nitrogens is 2. The molecular formula is C12H15N3OS. The third-order valence-electron chi connectivity index (χ3n) is 2.49. The molecule has 0 amide bonds. The van der Waals surface area contributed by atoms with Crippen LogP contribution in [0.25, 0.3) is 0 Å². The van der Waals surface area contributed by atoms with E-state index < -0.39 is 0 Å². The lowest BCUT2D eigenvalue weighted by Gasteiger charge is -2.10. The Labute approximate surface area is 104 Å². The lowest BCUT2D eigenvalue weighted by Crippen LogP contribution is -2.25. The Balaban J connectivity index is 2.33. The van der Waals surface area contributed by atoms with Crippen molar-refractivity contribution in [3.05, 3.63) is 50.6 Å². The predicted octanol–water partition coefficient (Wildman–Crippen LogP) is 1.76. The van der Waals surface area contributed by atoms with Crippen molar-refractivity contribution < 1.29 is 0 Å². The molecule has 2 aromatic rings. The molecule has 0 saturated carbocycles. The van der Waals surface area contributed by atoms with Crippen LogP contribution >= 0.6 is 11.3 Å². The van der Waals surface area contributed by atoms with E-state index in [2.05, 4.69) is 5.10 Å².